The van der Waals surface area contributed by atoms with Crippen molar-refractivity contribution in [1.29, 1.82) is 0 Å². The predicted molar refractivity (Wildman–Crippen MR) is 82.8 cm³/mol. The number of nitrogens with one attached hydrogen (secondary N) is 1. The minimum Gasteiger partial charge on any atom is -0.386 e. The average molecular weight is 319 g/mol. The molecule has 1 heterocycles. The Hall–Kier alpha value is -2.74. The lowest BCUT2D eigenvalue weighted by Crippen LogP contribution is -2.26. The van der Waals surface area contributed by atoms with E-state index in [0.717, 1.165) is 4.88 Å². The summed E-state index contributed by atoms with van der Waals surface area (Å²) in [5, 5.41) is 18.9. The van der Waals surface area contributed by atoms with Gasteiger partial charge in [0.2, 0.25) is 0 Å². The lowest BCUT2D eigenvalue weighted by molar-refractivity contribution is -0.384. The second-order valence-corrected chi connectivity index (χ2v) is 5.25. The van der Waals surface area contributed by atoms with Gasteiger partial charge >= 0.3 is 0 Å². The Morgan fingerprint density at radius 3 is 3.00 bits per heavy atom. The van der Waals surface area contributed by atoms with Crippen LogP contribution in [0.2, 0.25) is 0 Å². The fraction of sp³-hybridized carbons (Fsp3) is 0.143. The Balaban J connectivity index is 1.74. The van der Waals surface area contributed by atoms with Gasteiger partial charge in [-0.05, 0) is 11.4 Å². The largest absolute Gasteiger partial charge is 0.386 e. The number of carbonyl (C=O) groups is 1. The highest BCUT2D eigenvalue weighted by molar-refractivity contribution is 7.09. The molecule has 0 aliphatic heterocycles. The molecule has 7 nitrogen and oxygen atoms in total. The van der Waals surface area contributed by atoms with E-state index in [4.69, 9.17) is 4.84 Å². The van der Waals surface area contributed by atoms with Gasteiger partial charge in [0.05, 0.1) is 17.7 Å². The normalized spacial score (nSPS) is 10.5. The summed E-state index contributed by atoms with van der Waals surface area (Å²) in [6.07, 6.45) is 1.32. The number of non-ortho nitro benzene ring substituents is 1. The van der Waals surface area contributed by atoms with Crippen molar-refractivity contribution in [3.05, 3.63) is 62.3 Å². The van der Waals surface area contributed by atoms with Gasteiger partial charge in [0, 0.05) is 22.6 Å². The lowest BCUT2D eigenvalue weighted by atomic mass is 10.2. The number of carbonyl (C=O) groups excluding carboxylic acids is 1. The molecule has 0 aliphatic rings. The summed E-state index contributed by atoms with van der Waals surface area (Å²) in [7, 11) is 0. The molecule has 2 rings (SSSR count). The van der Waals surface area contributed by atoms with E-state index < -0.39 is 4.92 Å². The molecule has 0 unspecified atom stereocenters. The number of nitro benzene ring substituents is 1. The second kappa shape index (κ2) is 7.89. The molecule has 114 valence electrons. The van der Waals surface area contributed by atoms with Gasteiger partial charge in [-0.2, -0.15) is 0 Å². The minimum atomic E-state index is -0.490. The third-order valence-electron chi connectivity index (χ3n) is 2.59. The molecule has 0 atom stereocenters. The second-order valence-electron chi connectivity index (χ2n) is 4.22. The minimum absolute atomic E-state index is 0.0300. The average Bonchev–Trinajstić information content (AvgIpc) is 3.03. The van der Waals surface area contributed by atoms with Crippen molar-refractivity contribution in [2.24, 2.45) is 5.16 Å². The highest BCUT2D eigenvalue weighted by Crippen LogP contribution is 2.11. The van der Waals surface area contributed by atoms with Gasteiger partial charge < -0.3 is 10.2 Å². The highest BCUT2D eigenvalue weighted by atomic mass is 32.1. The lowest BCUT2D eigenvalue weighted by Gasteiger charge is -2.02. The molecular weight excluding hydrogens is 306 g/mol. The summed E-state index contributed by atoms with van der Waals surface area (Å²) in [5.41, 5.74) is 0.492. The summed E-state index contributed by atoms with van der Waals surface area (Å²) in [6, 6.07) is 9.78. The molecule has 0 spiro atoms. The topological polar surface area (TPSA) is 93.8 Å². The molecule has 0 fully saturated rings. The zero-order valence-electron chi connectivity index (χ0n) is 11.5. The molecule has 0 aliphatic carbocycles. The number of hydrogen-bond acceptors (Lipinski definition) is 6. The van der Waals surface area contributed by atoms with Crippen LogP contribution in [-0.4, -0.2) is 23.7 Å². The molecule has 8 heteroatoms. The number of nitro groups is 1. The maximum atomic E-state index is 11.5. The number of oxime groups is 1. The Labute approximate surface area is 130 Å². The van der Waals surface area contributed by atoms with Gasteiger partial charge in [-0.1, -0.05) is 23.4 Å². The van der Waals surface area contributed by atoms with Crippen LogP contribution in [0.25, 0.3) is 0 Å². The van der Waals surface area contributed by atoms with Crippen molar-refractivity contribution in [3.63, 3.8) is 0 Å². The molecule has 1 aromatic carbocycles. The van der Waals surface area contributed by atoms with E-state index in [2.05, 4.69) is 10.5 Å². The summed E-state index contributed by atoms with van der Waals surface area (Å²) >= 11 is 1.55. The fourth-order valence-corrected chi connectivity index (χ4v) is 2.21. The Bertz CT molecular complexity index is 670. The monoisotopic (exact) mass is 319 g/mol. The smallest absolute Gasteiger partial charge is 0.270 e. The summed E-state index contributed by atoms with van der Waals surface area (Å²) < 4.78 is 0. The van der Waals surface area contributed by atoms with E-state index in [1.807, 2.05) is 17.5 Å². The summed E-state index contributed by atoms with van der Waals surface area (Å²) in [5.74, 6) is -0.287. The Morgan fingerprint density at radius 2 is 2.27 bits per heavy atom. The molecule has 2 aromatic rings. The first-order valence-electron chi connectivity index (χ1n) is 6.34. The molecule has 0 saturated heterocycles. The van der Waals surface area contributed by atoms with Gasteiger partial charge in [0.1, 0.15) is 0 Å². The molecule has 0 saturated carbocycles. The van der Waals surface area contributed by atoms with E-state index >= 15 is 0 Å². The zero-order chi connectivity index (χ0) is 15.8. The van der Waals surface area contributed by atoms with Crippen LogP contribution in [0.1, 0.15) is 10.4 Å². The number of rotatable bonds is 7. The molecular formula is C14H13N3O4S. The predicted octanol–water partition coefficient (Wildman–Crippen LogP) is 2.32. The first kappa shape index (κ1) is 15.6. The standard InChI is InChI=1S/C14H13N3O4S/c18-14(15-9-13-5-2-6-22-13)10-21-16-8-11-3-1-4-12(7-11)17(19)20/h1-8H,9-10H2,(H,15,18)/b16-8-. The van der Waals surface area contributed by atoms with E-state index in [1.54, 1.807) is 23.5 Å². The molecule has 0 radical (unpaired) electrons. The van der Waals surface area contributed by atoms with Gasteiger partial charge in [-0.3, -0.25) is 14.9 Å². The summed E-state index contributed by atoms with van der Waals surface area (Å²) in [4.78, 5) is 27.5. The van der Waals surface area contributed by atoms with Crippen molar-refractivity contribution in [2.75, 3.05) is 6.61 Å². The fourth-order valence-electron chi connectivity index (χ4n) is 1.56. The molecule has 1 aromatic heterocycles. The van der Waals surface area contributed by atoms with Crippen LogP contribution >= 0.6 is 11.3 Å². The van der Waals surface area contributed by atoms with Gasteiger partial charge in [0.25, 0.3) is 11.6 Å². The van der Waals surface area contributed by atoms with Crippen molar-refractivity contribution < 1.29 is 14.6 Å². The first-order chi connectivity index (χ1) is 10.6. The van der Waals surface area contributed by atoms with Crippen LogP contribution in [0.5, 0.6) is 0 Å². The first-order valence-corrected chi connectivity index (χ1v) is 7.22. The van der Waals surface area contributed by atoms with Gasteiger partial charge in [0.15, 0.2) is 6.61 Å². The quantitative estimate of drug-likeness (QED) is 0.481. The zero-order valence-corrected chi connectivity index (χ0v) is 12.3. The van der Waals surface area contributed by atoms with Crippen LogP contribution in [0.4, 0.5) is 5.69 Å². The van der Waals surface area contributed by atoms with E-state index in [9.17, 15) is 14.9 Å². The number of amides is 1. The van der Waals surface area contributed by atoms with E-state index in [1.165, 1.54) is 18.3 Å². The third kappa shape index (κ3) is 4.98. The van der Waals surface area contributed by atoms with Crippen LogP contribution < -0.4 is 5.32 Å². The van der Waals surface area contributed by atoms with Crippen LogP contribution in [0, 0.1) is 10.1 Å². The van der Waals surface area contributed by atoms with Crippen molar-refractivity contribution >= 4 is 29.1 Å². The Morgan fingerprint density at radius 1 is 1.41 bits per heavy atom. The van der Waals surface area contributed by atoms with E-state index in [-0.39, 0.29) is 18.2 Å². The molecule has 22 heavy (non-hydrogen) atoms. The third-order valence-corrected chi connectivity index (χ3v) is 3.47. The number of nitrogens with zero attached hydrogens (tertiary/aromatic N) is 2. The van der Waals surface area contributed by atoms with Crippen LogP contribution in [-0.2, 0) is 16.2 Å². The number of thiophene rings is 1. The SMILES string of the molecule is O=C(CO/N=C\c1cccc([N+](=O)[O-])c1)NCc1cccs1. The van der Waals surface area contributed by atoms with Crippen molar-refractivity contribution in [1.82, 2.24) is 5.32 Å². The maximum absolute atomic E-state index is 11.5. The van der Waals surface area contributed by atoms with Gasteiger partial charge in [-0.15, -0.1) is 11.3 Å². The summed E-state index contributed by atoms with van der Waals surface area (Å²) in [6.45, 7) is 0.241. The molecule has 1 N–H and O–H groups in total. The molecule has 1 amide bonds. The van der Waals surface area contributed by atoms with E-state index in [0.29, 0.717) is 12.1 Å². The van der Waals surface area contributed by atoms with Crippen molar-refractivity contribution in [3.8, 4) is 0 Å². The Kier molecular flexibility index (Phi) is 5.61. The van der Waals surface area contributed by atoms with Crippen LogP contribution in [0.15, 0.2) is 46.9 Å². The highest BCUT2D eigenvalue weighted by Gasteiger charge is 2.04. The van der Waals surface area contributed by atoms with Crippen molar-refractivity contribution in [2.45, 2.75) is 6.54 Å². The number of hydrogen-bond donors (Lipinski definition) is 1. The number of benzene rings is 1. The maximum Gasteiger partial charge on any atom is 0.270 e. The molecule has 0 bridgehead atoms. The van der Waals surface area contributed by atoms with Gasteiger partial charge in [-0.25, -0.2) is 0 Å². The van der Waals surface area contributed by atoms with Crippen LogP contribution in [0.3, 0.4) is 0 Å².